The highest BCUT2D eigenvalue weighted by molar-refractivity contribution is 5.82. The Bertz CT molecular complexity index is 1110. The molecule has 0 aromatic heterocycles. The second-order valence-corrected chi connectivity index (χ2v) is 12.5. The van der Waals surface area contributed by atoms with Crippen LogP contribution < -0.4 is 35.4 Å². The summed E-state index contributed by atoms with van der Waals surface area (Å²) in [5.41, 5.74) is 2.94. The van der Waals surface area contributed by atoms with Gasteiger partial charge in [0.1, 0.15) is 17.2 Å². The molecule has 214 valence electrons. The van der Waals surface area contributed by atoms with E-state index in [9.17, 15) is 4.79 Å². The van der Waals surface area contributed by atoms with Crippen molar-refractivity contribution in [1.29, 1.82) is 0 Å². The van der Waals surface area contributed by atoms with Crippen LogP contribution in [0.2, 0.25) is 0 Å². The minimum Gasteiger partial charge on any atom is -1.00 e. The quantitative estimate of drug-likeness (QED) is 0.406. The highest BCUT2D eigenvalue weighted by Crippen LogP contribution is 2.43. The number of nitrogens with zero attached hydrogens (tertiary/aromatic N) is 1. The number of carbonyl (C=O) groups is 1. The van der Waals surface area contributed by atoms with Crippen molar-refractivity contribution in [2.24, 2.45) is 11.8 Å². The third kappa shape index (κ3) is 5.75. The van der Waals surface area contributed by atoms with Crippen molar-refractivity contribution in [1.82, 2.24) is 4.90 Å². The van der Waals surface area contributed by atoms with E-state index in [4.69, 9.17) is 0 Å². The molecule has 4 nitrogen and oxygen atoms in total. The number of carbonyl (C=O) groups excluding carboxylic acids is 1. The van der Waals surface area contributed by atoms with E-state index in [0.29, 0.717) is 29.8 Å². The molecule has 3 heterocycles. The minimum atomic E-state index is -0.435. The molecule has 2 aromatic carbocycles. The van der Waals surface area contributed by atoms with Crippen molar-refractivity contribution in [3.8, 4) is 0 Å². The van der Waals surface area contributed by atoms with Gasteiger partial charge in [-0.05, 0) is 61.6 Å². The number of fused-ring (bicyclic) bond motifs is 2. The van der Waals surface area contributed by atoms with Crippen molar-refractivity contribution in [2.75, 3.05) is 26.2 Å². The van der Waals surface area contributed by atoms with Gasteiger partial charge in [0.25, 0.3) is 0 Å². The maximum absolute atomic E-state index is 15.6. The minimum absolute atomic E-state index is 0. The number of hydrogen-bond donors (Lipinski definition) is 2. The maximum Gasteiger partial charge on any atom is 0.233 e. The molecule has 1 amide bonds. The van der Waals surface area contributed by atoms with Crippen LogP contribution in [-0.2, 0) is 16.6 Å². The molecular weight excluding hydrogens is 532 g/mol. The highest BCUT2D eigenvalue weighted by atomic mass is 35.5. The van der Waals surface area contributed by atoms with E-state index in [-0.39, 0.29) is 36.5 Å². The van der Waals surface area contributed by atoms with Gasteiger partial charge in [-0.15, -0.1) is 0 Å². The molecule has 1 saturated carbocycles. The van der Waals surface area contributed by atoms with Crippen molar-refractivity contribution in [2.45, 2.75) is 81.7 Å². The van der Waals surface area contributed by atoms with Crippen LogP contribution in [0.1, 0.15) is 74.5 Å². The van der Waals surface area contributed by atoms with E-state index in [2.05, 4.69) is 58.9 Å². The third-order valence-corrected chi connectivity index (χ3v) is 10.3. The molecule has 0 bridgehead atoms. The fourth-order valence-corrected chi connectivity index (χ4v) is 8.42. The van der Waals surface area contributed by atoms with E-state index in [0.717, 1.165) is 56.6 Å². The van der Waals surface area contributed by atoms with E-state index >= 15 is 4.39 Å². The smallest absolute Gasteiger partial charge is 0.233 e. The number of quaternary nitrogens is 2. The van der Waals surface area contributed by atoms with Crippen molar-refractivity contribution >= 4 is 5.91 Å². The number of amides is 1. The lowest BCUT2D eigenvalue weighted by Gasteiger charge is -2.46. The largest absolute Gasteiger partial charge is 1.00 e. The second kappa shape index (κ2) is 12.9. The highest BCUT2D eigenvalue weighted by Gasteiger charge is 2.57. The van der Waals surface area contributed by atoms with Crippen molar-refractivity contribution < 1.29 is 44.6 Å². The number of hydrogen-bond acceptors (Lipinski definition) is 1. The molecule has 1 unspecified atom stereocenters. The summed E-state index contributed by atoms with van der Waals surface area (Å²) in [5, 5.41) is 4.66. The van der Waals surface area contributed by atoms with Gasteiger partial charge in [-0.3, -0.25) is 4.79 Å². The van der Waals surface area contributed by atoms with Crippen molar-refractivity contribution in [3.05, 3.63) is 71.0 Å². The number of piperidine rings is 1. The van der Waals surface area contributed by atoms with E-state index in [1.165, 1.54) is 37.7 Å². The summed E-state index contributed by atoms with van der Waals surface area (Å²) in [6.45, 7) is 5.43. The lowest BCUT2D eigenvalue weighted by atomic mass is 9.69. The predicted octanol–water partition coefficient (Wildman–Crippen LogP) is -2.87. The van der Waals surface area contributed by atoms with Gasteiger partial charge in [0.2, 0.25) is 5.91 Å². The number of rotatable bonds is 3. The Balaban J connectivity index is 0.00000176. The lowest BCUT2D eigenvalue weighted by molar-refractivity contribution is -0.697. The van der Waals surface area contributed by atoms with E-state index < -0.39 is 5.41 Å². The monoisotopic (exact) mass is 575 g/mol. The predicted molar refractivity (Wildman–Crippen MR) is 144 cm³/mol. The first-order valence-electron chi connectivity index (χ1n) is 14.8. The fraction of sp³-hybridized carbons (Fsp3) is 0.594. The van der Waals surface area contributed by atoms with Gasteiger partial charge in [0.05, 0.1) is 25.7 Å². The van der Waals surface area contributed by atoms with Crippen LogP contribution in [-0.4, -0.2) is 49.1 Å². The summed E-state index contributed by atoms with van der Waals surface area (Å²) in [7, 11) is 0. The Morgan fingerprint density at radius 3 is 2.51 bits per heavy atom. The fourth-order valence-electron chi connectivity index (χ4n) is 8.42. The number of likely N-dealkylation sites (tertiary alicyclic amines) is 1. The summed E-state index contributed by atoms with van der Waals surface area (Å²) in [6, 6.07) is 17.2. The summed E-state index contributed by atoms with van der Waals surface area (Å²) in [4.78, 5) is 17.0. The summed E-state index contributed by atoms with van der Waals surface area (Å²) >= 11 is 0. The third-order valence-electron chi connectivity index (χ3n) is 10.3. The first kappa shape index (κ1) is 30.3. The molecule has 5 atom stereocenters. The van der Waals surface area contributed by atoms with Gasteiger partial charge in [-0.2, -0.15) is 0 Å². The number of halogens is 3. The molecule has 3 fully saturated rings. The Kier molecular flexibility index (Phi) is 10.0. The Morgan fingerprint density at radius 2 is 1.74 bits per heavy atom. The number of benzene rings is 2. The molecule has 2 aromatic rings. The van der Waals surface area contributed by atoms with Crippen LogP contribution >= 0.6 is 0 Å². The molecule has 6 rings (SSSR count). The molecule has 4 aliphatic rings. The lowest BCUT2D eigenvalue weighted by Crippen LogP contribution is -3.00. The van der Waals surface area contributed by atoms with Crippen LogP contribution in [0.25, 0.3) is 0 Å². The average Bonchev–Trinajstić information content (AvgIpc) is 3.30. The molecule has 39 heavy (non-hydrogen) atoms. The topological polar surface area (TPSA) is 53.5 Å². The SMILES string of the molecule is C[C@@H]1Cc2cccc(F)c2[C@@]2(C[NH2+]CC2C(=O)N2CC[C@@H](c3ccccc3)C[C@H]2C2CCCCC2)C[NH2+]1.[Cl-].[Cl-]. The van der Waals surface area contributed by atoms with Crippen LogP contribution in [0, 0.1) is 17.7 Å². The normalized spacial score (nSPS) is 31.1. The van der Waals surface area contributed by atoms with Gasteiger partial charge in [-0.25, -0.2) is 4.39 Å². The van der Waals surface area contributed by atoms with Gasteiger partial charge in [0, 0.05) is 24.6 Å². The van der Waals surface area contributed by atoms with E-state index in [1.54, 1.807) is 6.07 Å². The first-order chi connectivity index (χ1) is 18.1. The average molecular weight is 577 g/mol. The maximum atomic E-state index is 15.6. The Hall–Kier alpha value is -1.66. The van der Waals surface area contributed by atoms with Crippen molar-refractivity contribution in [3.63, 3.8) is 0 Å². The summed E-state index contributed by atoms with van der Waals surface area (Å²) < 4.78 is 15.6. The van der Waals surface area contributed by atoms with Gasteiger partial charge < -0.3 is 40.3 Å². The molecule has 4 N–H and O–H groups in total. The Labute approximate surface area is 245 Å². The van der Waals surface area contributed by atoms with Gasteiger partial charge in [0.15, 0.2) is 0 Å². The molecule has 7 heteroatoms. The summed E-state index contributed by atoms with van der Waals surface area (Å²) in [5.74, 6) is 1.14. The molecule has 1 spiro atoms. The van der Waals surface area contributed by atoms with Crippen LogP contribution in [0.5, 0.6) is 0 Å². The summed E-state index contributed by atoms with van der Waals surface area (Å²) in [6.07, 6.45) is 9.32. The zero-order chi connectivity index (χ0) is 25.4. The zero-order valence-electron chi connectivity index (χ0n) is 23.1. The first-order valence-corrected chi connectivity index (χ1v) is 14.8. The Morgan fingerprint density at radius 1 is 0.974 bits per heavy atom. The molecule has 3 aliphatic heterocycles. The number of nitrogens with two attached hydrogens (primary N) is 2. The van der Waals surface area contributed by atoms with Crippen LogP contribution in [0.3, 0.4) is 0 Å². The van der Waals surface area contributed by atoms with Crippen LogP contribution in [0.15, 0.2) is 48.5 Å². The van der Waals surface area contributed by atoms with E-state index in [1.807, 2.05) is 6.07 Å². The van der Waals surface area contributed by atoms with Crippen LogP contribution in [0.4, 0.5) is 4.39 Å². The molecule has 1 aliphatic carbocycles. The standard InChI is InChI=1S/C32H42FN3O.2ClH/c1-22-17-26-13-8-14-28(33)30(26)32(21-35-22)20-34-19-27(32)31(37)36-16-15-25(23-9-4-2-5-10-23)18-29(36)24-11-6-3-7-12-24;;/h2,4-5,8-10,13-14,22,24-25,27,29,34-35H,3,6-7,11-12,15-21H2,1H3;2*1H/t22-,25-,27?,29+,32+;;/m1../s1. The second-order valence-electron chi connectivity index (χ2n) is 12.5. The molecule has 0 radical (unpaired) electrons. The molecular formula is C32H44Cl2FN3O. The molecule has 2 saturated heterocycles. The van der Waals surface area contributed by atoms with Gasteiger partial charge >= 0.3 is 0 Å². The zero-order valence-corrected chi connectivity index (χ0v) is 24.6. The van der Waals surface area contributed by atoms with Gasteiger partial charge in [-0.1, -0.05) is 61.7 Å².